The molecule has 0 aliphatic heterocycles. The van der Waals surface area contributed by atoms with Crippen molar-refractivity contribution in [2.24, 2.45) is 5.10 Å². The van der Waals surface area contributed by atoms with E-state index in [9.17, 15) is 14.4 Å². The Kier molecular flexibility index (Phi) is 5.90. The Hall–Kier alpha value is -4.12. The first-order chi connectivity index (χ1) is 15.5. The number of para-hydroxylation sites is 1. The van der Waals surface area contributed by atoms with Crippen LogP contribution in [-0.2, 0) is 16.0 Å². The number of amides is 1. The minimum Gasteiger partial charge on any atom is -0.469 e. The smallest absolute Gasteiger partial charge is 0.311 e. The van der Waals surface area contributed by atoms with Gasteiger partial charge >= 0.3 is 5.97 Å². The van der Waals surface area contributed by atoms with E-state index in [4.69, 9.17) is 4.74 Å². The Balaban J connectivity index is 1.73. The maximum Gasteiger partial charge on any atom is 0.311 e. The van der Waals surface area contributed by atoms with Crippen LogP contribution < -0.4 is 11.0 Å². The van der Waals surface area contributed by atoms with Gasteiger partial charge < -0.3 is 4.74 Å². The van der Waals surface area contributed by atoms with Crippen molar-refractivity contribution in [2.75, 3.05) is 7.11 Å². The number of thiazole rings is 1. The summed E-state index contributed by atoms with van der Waals surface area (Å²) >= 11 is 1.33. The summed E-state index contributed by atoms with van der Waals surface area (Å²) in [6.07, 6.45) is 2.77. The number of aromatic amines is 1. The summed E-state index contributed by atoms with van der Waals surface area (Å²) in [6.45, 7) is 1.57. The highest BCUT2D eigenvalue weighted by molar-refractivity contribution is 7.20. The lowest BCUT2D eigenvalue weighted by Crippen LogP contribution is -2.24. The van der Waals surface area contributed by atoms with Crippen molar-refractivity contribution < 1.29 is 14.3 Å². The lowest BCUT2D eigenvalue weighted by atomic mass is 10.1. The van der Waals surface area contributed by atoms with Gasteiger partial charge in [-0.05, 0) is 31.2 Å². The van der Waals surface area contributed by atoms with E-state index >= 15 is 0 Å². The molecule has 0 aliphatic carbocycles. The molecule has 0 saturated carbocycles. The summed E-state index contributed by atoms with van der Waals surface area (Å²) in [5.41, 5.74) is 3.71. The molecule has 3 heterocycles. The van der Waals surface area contributed by atoms with E-state index in [1.807, 2.05) is 24.3 Å². The van der Waals surface area contributed by atoms with E-state index in [-0.39, 0.29) is 17.7 Å². The maximum atomic E-state index is 13.2. The topological polar surface area (TPSA) is 131 Å². The molecule has 0 saturated heterocycles. The third kappa shape index (κ3) is 4.18. The first kappa shape index (κ1) is 21.1. The van der Waals surface area contributed by atoms with Crippen molar-refractivity contribution in [1.82, 2.24) is 25.2 Å². The van der Waals surface area contributed by atoms with E-state index < -0.39 is 17.4 Å². The third-order valence-electron chi connectivity index (χ3n) is 4.60. The molecule has 0 aliphatic rings. The molecule has 4 aromatic rings. The first-order valence-corrected chi connectivity index (χ1v) is 10.3. The van der Waals surface area contributed by atoms with E-state index in [1.165, 1.54) is 29.3 Å². The van der Waals surface area contributed by atoms with Crippen LogP contribution in [0.4, 0.5) is 0 Å². The number of carbonyl (C=O) groups is 2. The summed E-state index contributed by atoms with van der Waals surface area (Å²) in [4.78, 5) is 45.8. The molecule has 11 heteroatoms. The molecular formula is C21H18N6O4S. The molecule has 32 heavy (non-hydrogen) atoms. The van der Waals surface area contributed by atoms with Crippen LogP contribution >= 0.6 is 11.3 Å². The first-order valence-electron chi connectivity index (χ1n) is 9.49. The van der Waals surface area contributed by atoms with E-state index in [2.05, 4.69) is 25.6 Å². The van der Waals surface area contributed by atoms with Gasteiger partial charge in [0, 0.05) is 12.4 Å². The zero-order valence-electron chi connectivity index (χ0n) is 17.2. The van der Waals surface area contributed by atoms with Crippen LogP contribution in [0.3, 0.4) is 0 Å². The molecule has 1 aromatic carbocycles. The van der Waals surface area contributed by atoms with Crippen molar-refractivity contribution in [3.63, 3.8) is 0 Å². The number of aromatic nitrogens is 4. The summed E-state index contributed by atoms with van der Waals surface area (Å²) in [5.74, 6) is -1.01. The quantitative estimate of drug-likeness (QED) is 0.263. The van der Waals surface area contributed by atoms with Crippen molar-refractivity contribution >= 4 is 39.1 Å². The zero-order valence-corrected chi connectivity index (χ0v) is 18.0. The fourth-order valence-electron chi connectivity index (χ4n) is 3.04. The normalized spacial score (nSPS) is 11.5. The monoisotopic (exact) mass is 450 g/mol. The number of esters is 1. The Morgan fingerprint density at radius 3 is 2.78 bits per heavy atom. The number of fused-ring (bicyclic) bond motifs is 1. The number of benzene rings is 1. The number of hydrogen-bond acceptors (Lipinski definition) is 8. The van der Waals surface area contributed by atoms with Gasteiger partial charge in [0.2, 0.25) is 5.13 Å². The molecule has 162 valence electrons. The van der Waals surface area contributed by atoms with Gasteiger partial charge in [-0.25, -0.2) is 10.4 Å². The Bertz CT molecular complexity index is 1350. The van der Waals surface area contributed by atoms with Crippen LogP contribution in [0.25, 0.3) is 15.3 Å². The maximum absolute atomic E-state index is 13.2. The minimum absolute atomic E-state index is 0.154. The molecule has 1 amide bonds. The zero-order chi connectivity index (χ0) is 22.7. The predicted molar refractivity (Wildman–Crippen MR) is 119 cm³/mol. The molecule has 0 radical (unpaired) electrons. The average molecular weight is 450 g/mol. The van der Waals surface area contributed by atoms with Crippen molar-refractivity contribution in [2.45, 2.75) is 13.3 Å². The van der Waals surface area contributed by atoms with Gasteiger partial charge in [-0.2, -0.15) is 9.78 Å². The van der Waals surface area contributed by atoms with Gasteiger partial charge in [0.05, 0.1) is 46.3 Å². The molecule has 0 spiro atoms. The van der Waals surface area contributed by atoms with Crippen LogP contribution in [0, 0.1) is 0 Å². The number of hydrazone groups is 1. The summed E-state index contributed by atoms with van der Waals surface area (Å²) in [7, 11) is 1.26. The average Bonchev–Trinajstić information content (AvgIpc) is 3.38. The van der Waals surface area contributed by atoms with Gasteiger partial charge in [-0.3, -0.25) is 24.5 Å². The second-order valence-electron chi connectivity index (χ2n) is 6.70. The molecule has 10 nitrogen and oxygen atoms in total. The molecule has 3 aromatic heterocycles. The number of ether oxygens (including phenoxy) is 1. The lowest BCUT2D eigenvalue weighted by Gasteiger charge is -2.03. The molecular weight excluding hydrogens is 432 g/mol. The van der Waals surface area contributed by atoms with Crippen LogP contribution in [0.1, 0.15) is 28.5 Å². The molecule has 0 fully saturated rings. The number of nitrogens with zero attached hydrogens (tertiary/aromatic N) is 4. The van der Waals surface area contributed by atoms with Gasteiger partial charge in [0.15, 0.2) is 0 Å². The van der Waals surface area contributed by atoms with Crippen LogP contribution in [0.15, 0.2) is 58.7 Å². The van der Waals surface area contributed by atoms with Crippen LogP contribution in [0.5, 0.6) is 0 Å². The van der Waals surface area contributed by atoms with E-state index in [0.717, 1.165) is 10.2 Å². The lowest BCUT2D eigenvalue weighted by molar-refractivity contribution is -0.139. The molecule has 4 rings (SSSR count). The Morgan fingerprint density at radius 1 is 1.25 bits per heavy atom. The number of rotatable bonds is 6. The predicted octanol–water partition coefficient (Wildman–Crippen LogP) is 2.04. The fourth-order valence-corrected chi connectivity index (χ4v) is 3.97. The molecule has 0 atom stereocenters. The number of H-pyrrole nitrogens is 1. The van der Waals surface area contributed by atoms with E-state index in [1.54, 1.807) is 25.3 Å². The summed E-state index contributed by atoms with van der Waals surface area (Å²) in [6, 6.07) is 10.7. The SMILES string of the molecule is COC(=O)Cc1[nH]n(-c2nc3ccccc3s2)c(=O)c1C(C)=NNC(=O)c1cccnc1. The Morgan fingerprint density at radius 2 is 2.06 bits per heavy atom. The summed E-state index contributed by atoms with van der Waals surface area (Å²) in [5, 5.41) is 7.42. The van der Waals surface area contributed by atoms with Crippen molar-refractivity contribution in [3.8, 4) is 5.13 Å². The largest absolute Gasteiger partial charge is 0.469 e. The number of methoxy groups -OCH3 is 1. The molecule has 0 unspecified atom stereocenters. The fraction of sp³-hybridized carbons (Fsp3) is 0.143. The van der Waals surface area contributed by atoms with Crippen molar-refractivity contribution in [1.29, 1.82) is 0 Å². The number of pyridine rings is 1. The number of carbonyl (C=O) groups excluding carboxylic acids is 2. The van der Waals surface area contributed by atoms with Gasteiger partial charge in [-0.15, -0.1) is 0 Å². The van der Waals surface area contributed by atoms with Crippen LogP contribution in [-0.4, -0.2) is 44.4 Å². The van der Waals surface area contributed by atoms with Gasteiger partial charge in [-0.1, -0.05) is 23.5 Å². The highest BCUT2D eigenvalue weighted by Gasteiger charge is 2.22. The van der Waals surface area contributed by atoms with Crippen LogP contribution in [0.2, 0.25) is 0 Å². The minimum atomic E-state index is -0.531. The number of nitrogens with one attached hydrogen (secondary N) is 2. The second kappa shape index (κ2) is 8.94. The van der Waals surface area contributed by atoms with Crippen molar-refractivity contribution in [3.05, 3.63) is 76.0 Å². The van der Waals surface area contributed by atoms with Gasteiger partial charge in [0.1, 0.15) is 0 Å². The third-order valence-corrected chi connectivity index (χ3v) is 5.62. The highest BCUT2D eigenvalue weighted by Crippen LogP contribution is 2.23. The highest BCUT2D eigenvalue weighted by atomic mass is 32.1. The number of hydrogen-bond donors (Lipinski definition) is 2. The molecule has 0 bridgehead atoms. The van der Waals surface area contributed by atoms with E-state index in [0.29, 0.717) is 16.4 Å². The molecule has 2 N–H and O–H groups in total. The second-order valence-corrected chi connectivity index (χ2v) is 7.71. The Labute approximate surface area is 185 Å². The standard InChI is InChI=1S/C21H18N6O4S/c1-12(24-25-19(29)13-6-5-9-22-11-13)18-15(10-17(28)31-2)26-27(20(18)30)21-23-14-7-3-4-8-16(14)32-21/h3-9,11,26H,10H2,1-2H3,(H,25,29). The summed E-state index contributed by atoms with van der Waals surface area (Å²) < 4.78 is 6.92. The van der Waals surface area contributed by atoms with Gasteiger partial charge in [0.25, 0.3) is 11.5 Å².